The first-order valence-electron chi connectivity index (χ1n) is 8.77. The second-order valence-electron chi connectivity index (χ2n) is 6.18. The molecule has 2 aromatic heterocycles. The van der Waals surface area contributed by atoms with Crippen LogP contribution in [0, 0.1) is 13.8 Å². The molecule has 0 bridgehead atoms. The molecule has 0 radical (unpaired) electrons. The van der Waals surface area contributed by atoms with Crippen molar-refractivity contribution in [2.75, 3.05) is 13.1 Å². The second kappa shape index (κ2) is 11.5. The van der Waals surface area contributed by atoms with E-state index in [2.05, 4.69) is 58.4 Å². The highest BCUT2D eigenvalue weighted by molar-refractivity contribution is 14.0. The monoisotopic (exact) mass is 492 g/mol. The third-order valence-electron chi connectivity index (χ3n) is 3.65. The summed E-state index contributed by atoms with van der Waals surface area (Å²) in [6.45, 7) is 12.5. The zero-order chi connectivity index (χ0) is 18.2. The van der Waals surface area contributed by atoms with Gasteiger partial charge in [-0.25, -0.2) is 9.98 Å². The van der Waals surface area contributed by atoms with E-state index >= 15 is 0 Å². The molecule has 0 aliphatic rings. The molecule has 2 N–H and O–H groups in total. The van der Waals surface area contributed by atoms with Crippen LogP contribution in [0.5, 0.6) is 0 Å². The topological polar surface area (TPSA) is 88.2 Å². The van der Waals surface area contributed by atoms with E-state index in [4.69, 9.17) is 4.52 Å². The molecule has 0 aliphatic carbocycles. The van der Waals surface area contributed by atoms with Crippen LogP contribution in [0.25, 0.3) is 0 Å². The lowest BCUT2D eigenvalue weighted by molar-refractivity contribution is 0.368. The molecule has 146 valence electrons. The number of hydrogen-bond donors (Lipinski definition) is 2. The lowest BCUT2D eigenvalue weighted by Crippen LogP contribution is -2.37. The minimum Gasteiger partial charge on any atom is -0.357 e. The zero-order valence-electron chi connectivity index (χ0n) is 16.1. The molecule has 0 aromatic carbocycles. The molecule has 0 unspecified atom stereocenters. The number of halogens is 1. The van der Waals surface area contributed by atoms with Gasteiger partial charge in [-0.3, -0.25) is 0 Å². The molecule has 0 saturated heterocycles. The molecular weight excluding hydrogens is 463 g/mol. The summed E-state index contributed by atoms with van der Waals surface area (Å²) in [5.41, 5.74) is 1.09. The molecule has 7 nitrogen and oxygen atoms in total. The summed E-state index contributed by atoms with van der Waals surface area (Å²) in [6, 6.07) is 0. The van der Waals surface area contributed by atoms with Crippen molar-refractivity contribution in [3.8, 4) is 0 Å². The van der Waals surface area contributed by atoms with Crippen LogP contribution in [0.15, 0.2) is 9.52 Å². The first-order valence-corrected chi connectivity index (χ1v) is 9.58. The second-order valence-corrected chi connectivity index (χ2v) is 7.46. The maximum absolute atomic E-state index is 5.26. The first kappa shape index (κ1) is 22.8. The molecule has 26 heavy (non-hydrogen) atoms. The van der Waals surface area contributed by atoms with Gasteiger partial charge in [0.2, 0.25) is 5.89 Å². The van der Waals surface area contributed by atoms with Gasteiger partial charge >= 0.3 is 0 Å². The summed E-state index contributed by atoms with van der Waals surface area (Å²) < 4.78 is 5.26. The van der Waals surface area contributed by atoms with E-state index in [9.17, 15) is 0 Å². The third-order valence-corrected chi connectivity index (χ3v) is 4.71. The highest BCUT2D eigenvalue weighted by Gasteiger charge is 2.09. The van der Waals surface area contributed by atoms with Crippen molar-refractivity contribution < 1.29 is 4.52 Å². The number of rotatable bonds is 8. The third kappa shape index (κ3) is 7.18. The summed E-state index contributed by atoms with van der Waals surface area (Å²) >= 11 is 1.70. The molecule has 0 amide bonds. The first-order chi connectivity index (χ1) is 12.0. The van der Waals surface area contributed by atoms with E-state index in [0.717, 1.165) is 48.4 Å². The average Bonchev–Trinajstić information content (AvgIpc) is 3.16. The molecule has 0 fully saturated rings. The Hall–Kier alpha value is -1.23. The van der Waals surface area contributed by atoms with Crippen molar-refractivity contribution >= 4 is 41.3 Å². The summed E-state index contributed by atoms with van der Waals surface area (Å²) in [5, 5.41) is 11.6. The van der Waals surface area contributed by atoms with Gasteiger partial charge in [0, 0.05) is 30.3 Å². The normalized spacial score (nSPS) is 11.5. The van der Waals surface area contributed by atoms with Crippen LogP contribution in [0.2, 0.25) is 0 Å². The average molecular weight is 492 g/mol. The van der Waals surface area contributed by atoms with Gasteiger partial charge in [0.1, 0.15) is 5.01 Å². The minimum absolute atomic E-state index is 0. The van der Waals surface area contributed by atoms with Gasteiger partial charge in [-0.05, 0) is 27.2 Å². The number of nitrogens with one attached hydrogen (secondary N) is 2. The highest BCUT2D eigenvalue weighted by Crippen LogP contribution is 2.16. The molecule has 0 aliphatic heterocycles. The van der Waals surface area contributed by atoms with Crippen molar-refractivity contribution in [1.82, 2.24) is 25.8 Å². The fraction of sp³-hybridized carbons (Fsp3) is 0.647. The molecule has 2 rings (SSSR count). The molecule has 9 heteroatoms. The van der Waals surface area contributed by atoms with Gasteiger partial charge in [-0.15, -0.1) is 35.3 Å². The van der Waals surface area contributed by atoms with Gasteiger partial charge < -0.3 is 15.2 Å². The van der Waals surface area contributed by atoms with Crippen LogP contribution >= 0.6 is 35.3 Å². The summed E-state index contributed by atoms with van der Waals surface area (Å²) in [6.07, 6.45) is 1.66. The van der Waals surface area contributed by atoms with Crippen molar-refractivity contribution in [1.29, 1.82) is 0 Å². The van der Waals surface area contributed by atoms with E-state index in [1.165, 1.54) is 4.88 Å². The van der Waals surface area contributed by atoms with Crippen LogP contribution in [0.4, 0.5) is 0 Å². The smallest absolute Gasteiger partial charge is 0.226 e. The lowest BCUT2D eigenvalue weighted by Gasteiger charge is -2.10. The summed E-state index contributed by atoms with van der Waals surface area (Å²) in [7, 11) is 0. The van der Waals surface area contributed by atoms with E-state index in [0.29, 0.717) is 18.4 Å². The maximum Gasteiger partial charge on any atom is 0.226 e. The Morgan fingerprint density at radius 3 is 2.58 bits per heavy atom. The minimum atomic E-state index is 0. The van der Waals surface area contributed by atoms with Crippen molar-refractivity contribution in [3.63, 3.8) is 0 Å². The number of thiazole rings is 1. The molecular formula is C17H29IN6OS. The van der Waals surface area contributed by atoms with Crippen molar-refractivity contribution in [3.05, 3.63) is 27.3 Å². The molecule has 0 atom stereocenters. The Morgan fingerprint density at radius 2 is 2.00 bits per heavy atom. The van der Waals surface area contributed by atoms with Crippen LogP contribution in [-0.2, 0) is 13.0 Å². The lowest BCUT2D eigenvalue weighted by atomic mass is 10.2. The molecule has 0 spiro atoms. The standard InChI is InChI=1S/C17H28N6OS.HI/c1-6-18-17(20-10-15-21-12(4)13(5)25-15)19-9-7-8-14-22-16(11(2)3)23-24-14;/h11H,6-10H2,1-5H3,(H2,18,19,20);1H. The van der Waals surface area contributed by atoms with Gasteiger partial charge in [-0.1, -0.05) is 19.0 Å². The van der Waals surface area contributed by atoms with Crippen LogP contribution < -0.4 is 10.6 Å². The van der Waals surface area contributed by atoms with Gasteiger partial charge in [0.05, 0.1) is 12.2 Å². The fourth-order valence-corrected chi connectivity index (χ4v) is 3.00. The van der Waals surface area contributed by atoms with Crippen LogP contribution in [0.1, 0.15) is 60.4 Å². The molecule has 0 saturated carbocycles. The highest BCUT2D eigenvalue weighted by atomic mass is 127. The number of aromatic nitrogens is 3. The Kier molecular flexibility index (Phi) is 10.1. The van der Waals surface area contributed by atoms with Crippen molar-refractivity contribution in [2.24, 2.45) is 4.99 Å². The summed E-state index contributed by atoms with van der Waals surface area (Å²) in [5.74, 6) is 2.57. The molecule has 2 aromatic rings. The Morgan fingerprint density at radius 1 is 1.23 bits per heavy atom. The Labute approximate surface area is 176 Å². The Balaban J connectivity index is 0.00000338. The van der Waals surface area contributed by atoms with Crippen LogP contribution in [-0.4, -0.2) is 34.2 Å². The van der Waals surface area contributed by atoms with E-state index in [1.54, 1.807) is 11.3 Å². The zero-order valence-corrected chi connectivity index (χ0v) is 19.3. The predicted molar refractivity (Wildman–Crippen MR) is 117 cm³/mol. The van der Waals surface area contributed by atoms with Gasteiger partial charge in [0.25, 0.3) is 0 Å². The van der Waals surface area contributed by atoms with Crippen molar-refractivity contribution in [2.45, 2.75) is 59.9 Å². The number of aliphatic imine (C=N–C) groups is 1. The fourth-order valence-electron chi connectivity index (χ4n) is 2.15. The van der Waals surface area contributed by atoms with E-state index in [1.807, 2.05) is 6.92 Å². The van der Waals surface area contributed by atoms with E-state index in [-0.39, 0.29) is 24.0 Å². The quantitative estimate of drug-likeness (QED) is 0.254. The number of hydrogen-bond acceptors (Lipinski definition) is 6. The number of aryl methyl sites for hydroxylation is 3. The summed E-state index contributed by atoms with van der Waals surface area (Å²) in [4.78, 5) is 14.8. The largest absolute Gasteiger partial charge is 0.357 e. The number of nitrogens with zero attached hydrogens (tertiary/aromatic N) is 4. The number of guanidine groups is 1. The SMILES string of the molecule is CCNC(=NCc1nc(C)c(C)s1)NCCCc1nc(C(C)C)no1.I. The predicted octanol–water partition coefficient (Wildman–Crippen LogP) is 3.57. The molecule has 2 heterocycles. The maximum atomic E-state index is 5.26. The van der Waals surface area contributed by atoms with Gasteiger partial charge in [-0.2, -0.15) is 4.98 Å². The van der Waals surface area contributed by atoms with Gasteiger partial charge in [0.15, 0.2) is 11.8 Å². The Bertz CT molecular complexity index is 678. The van der Waals surface area contributed by atoms with E-state index < -0.39 is 0 Å². The van der Waals surface area contributed by atoms with Crippen LogP contribution in [0.3, 0.4) is 0 Å².